The van der Waals surface area contributed by atoms with Crippen molar-refractivity contribution in [2.75, 3.05) is 32.2 Å². The van der Waals surface area contributed by atoms with E-state index >= 15 is 0 Å². The SMILES string of the molecule is COCCCNC(=O)c1c(NC(=O)COc2ccccc2[N+](=O)[O-])sc2c1CCCC2. The molecule has 2 N–H and O–H groups in total. The molecule has 1 aliphatic carbocycles. The summed E-state index contributed by atoms with van der Waals surface area (Å²) in [5.74, 6) is -0.681. The van der Waals surface area contributed by atoms with Crippen LogP contribution in [0.5, 0.6) is 5.75 Å². The van der Waals surface area contributed by atoms with E-state index in [9.17, 15) is 19.7 Å². The molecule has 1 aromatic heterocycles. The van der Waals surface area contributed by atoms with Crippen LogP contribution in [0.2, 0.25) is 0 Å². The number of thiophene rings is 1. The van der Waals surface area contributed by atoms with Gasteiger partial charge in [0, 0.05) is 31.2 Å². The second-order valence-corrected chi connectivity index (χ2v) is 8.18. The number of hydrogen-bond acceptors (Lipinski definition) is 7. The van der Waals surface area contributed by atoms with Gasteiger partial charge in [0.15, 0.2) is 12.4 Å². The minimum absolute atomic E-state index is 0.0178. The molecule has 9 nitrogen and oxygen atoms in total. The summed E-state index contributed by atoms with van der Waals surface area (Å²) in [6.07, 6.45) is 4.43. The second-order valence-electron chi connectivity index (χ2n) is 7.08. The minimum atomic E-state index is -0.563. The number of nitrogens with one attached hydrogen (secondary N) is 2. The van der Waals surface area contributed by atoms with Crippen molar-refractivity contribution < 1.29 is 24.0 Å². The fourth-order valence-corrected chi connectivity index (χ4v) is 4.74. The molecule has 1 aliphatic rings. The normalized spacial score (nSPS) is 12.7. The van der Waals surface area contributed by atoms with Gasteiger partial charge in [-0.2, -0.15) is 0 Å². The van der Waals surface area contributed by atoms with Crippen LogP contribution < -0.4 is 15.4 Å². The predicted octanol–water partition coefficient (Wildman–Crippen LogP) is 3.32. The Morgan fingerprint density at radius 1 is 1.23 bits per heavy atom. The molecule has 0 fully saturated rings. The molecule has 2 amide bonds. The van der Waals surface area contributed by atoms with Crippen molar-refractivity contribution in [1.82, 2.24) is 5.32 Å². The van der Waals surface area contributed by atoms with Crippen molar-refractivity contribution in [3.05, 3.63) is 50.4 Å². The van der Waals surface area contributed by atoms with E-state index in [0.717, 1.165) is 36.1 Å². The van der Waals surface area contributed by atoms with Crippen molar-refractivity contribution in [3.63, 3.8) is 0 Å². The zero-order valence-corrected chi connectivity index (χ0v) is 18.1. The molecular weight excluding hydrogens is 422 g/mol. The van der Waals surface area contributed by atoms with Crippen LogP contribution in [0.4, 0.5) is 10.7 Å². The van der Waals surface area contributed by atoms with E-state index in [4.69, 9.17) is 9.47 Å². The number of fused-ring (bicyclic) bond motifs is 1. The van der Waals surface area contributed by atoms with Crippen LogP contribution >= 0.6 is 11.3 Å². The molecule has 31 heavy (non-hydrogen) atoms. The third-order valence-corrected chi connectivity index (χ3v) is 6.09. The van der Waals surface area contributed by atoms with Gasteiger partial charge in [-0.3, -0.25) is 19.7 Å². The highest BCUT2D eigenvalue weighted by molar-refractivity contribution is 7.17. The van der Waals surface area contributed by atoms with Crippen LogP contribution in [0.25, 0.3) is 0 Å². The first kappa shape index (κ1) is 22.7. The van der Waals surface area contributed by atoms with Crippen molar-refractivity contribution in [2.24, 2.45) is 0 Å². The van der Waals surface area contributed by atoms with Crippen LogP contribution in [0.3, 0.4) is 0 Å². The predicted molar refractivity (Wildman–Crippen MR) is 117 cm³/mol. The first-order valence-electron chi connectivity index (χ1n) is 10.1. The Labute approximate surface area is 183 Å². The van der Waals surface area contributed by atoms with Gasteiger partial charge < -0.3 is 20.1 Å². The van der Waals surface area contributed by atoms with Gasteiger partial charge in [-0.1, -0.05) is 12.1 Å². The summed E-state index contributed by atoms with van der Waals surface area (Å²) in [5.41, 5.74) is 1.30. The van der Waals surface area contributed by atoms with Gasteiger partial charge in [0.25, 0.3) is 11.8 Å². The highest BCUT2D eigenvalue weighted by Crippen LogP contribution is 2.38. The largest absolute Gasteiger partial charge is 0.477 e. The summed E-state index contributed by atoms with van der Waals surface area (Å²) < 4.78 is 10.4. The Bertz CT molecular complexity index is 959. The van der Waals surface area contributed by atoms with Gasteiger partial charge in [0.05, 0.1) is 10.5 Å². The van der Waals surface area contributed by atoms with Gasteiger partial charge in [0.2, 0.25) is 0 Å². The van der Waals surface area contributed by atoms with Crippen molar-refractivity contribution in [1.29, 1.82) is 0 Å². The molecule has 1 heterocycles. The number of rotatable bonds is 10. The molecule has 10 heteroatoms. The molecule has 1 aromatic carbocycles. The Kier molecular flexibility index (Phi) is 7.96. The maximum absolute atomic E-state index is 12.8. The van der Waals surface area contributed by atoms with Crippen LogP contribution in [-0.2, 0) is 22.4 Å². The average molecular weight is 448 g/mol. The maximum Gasteiger partial charge on any atom is 0.310 e. The third kappa shape index (κ3) is 5.80. The first-order chi connectivity index (χ1) is 15.0. The van der Waals surface area contributed by atoms with E-state index in [1.807, 2.05) is 0 Å². The highest BCUT2D eigenvalue weighted by Gasteiger charge is 2.26. The standard InChI is InChI=1S/C21H25N3O6S/c1-29-12-6-11-22-20(26)19-14-7-2-5-10-17(14)31-21(19)23-18(25)13-30-16-9-4-3-8-15(16)24(27)28/h3-4,8-9H,2,5-7,10-13H2,1H3,(H,22,26)(H,23,25). The number of nitro groups is 1. The average Bonchev–Trinajstić information content (AvgIpc) is 3.13. The molecule has 0 spiro atoms. The topological polar surface area (TPSA) is 120 Å². The van der Waals surface area contributed by atoms with Crippen molar-refractivity contribution >= 4 is 33.8 Å². The molecule has 0 bridgehead atoms. The number of carbonyl (C=O) groups is 2. The number of nitro benzene ring substituents is 1. The van der Waals surface area contributed by atoms with Crippen molar-refractivity contribution in [3.8, 4) is 5.75 Å². The molecular formula is C21H25N3O6S. The number of para-hydroxylation sites is 2. The van der Waals surface area contributed by atoms with Gasteiger partial charge in [-0.25, -0.2) is 0 Å². The molecule has 3 rings (SSSR count). The smallest absolute Gasteiger partial charge is 0.310 e. The van der Waals surface area contributed by atoms with E-state index in [2.05, 4.69) is 10.6 Å². The lowest BCUT2D eigenvalue weighted by Gasteiger charge is -2.13. The van der Waals surface area contributed by atoms with Gasteiger partial charge in [-0.15, -0.1) is 11.3 Å². The zero-order chi connectivity index (χ0) is 22.2. The number of ether oxygens (including phenoxy) is 2. The fraction of sp³-hybridized carbons (Fsp3) is 0.429. The molecule has 0 saturated heterocycles. The van der Waals surface area contributed by atoms with E-state index in [1.165, 1.54) is 29.5 Å². The van der Waals surface area contributed by atoms with Crippen LogP contribution in [0.1, 0.15) is 40.1 Å². The highest BCUT2D eigenvalue weighted by atomic mass is 32.1. The molecule has 0 unspecified atom stereocenters. The summed E-state index contributed by atoms with van der Waals surface area (Å²) >= 11 is 1.41. The monoisotopic (exact) mass is 447 g/mol. The molecule has 0 radical (unpaired) electrons. The molecule has 166 valence electrons. The van der Waals surface area contributed by atoms with Crippen LogP contribution in [0.15, 0.2) is 24.3 Å². The summed E-state index contributed by atoms with van der Waals surface area (Å²) in [6.45, 7) is 0.627. The summed E-state index contributed by atoms with van der Waals surface area (Å²) in [4.78, 5) is 37.0. The summed E-state index contributed by atoms with van der Waals surface area (Å²) in [5, 5.41) is 17.2. The number of nitrogens with zero attached hydrogens (tertiary/aromatic N) is 1. The Morgan fingerprint density at radius 2 is 2.00 bits per heavy atom. The number of aryl methyl sites for hydroxylation is 1. The summed E-state index contributed by atoms with van der Waals surface area (Å²) in [7, 11) is 1.61. The number of amides is 2. The van der Waals surface area contributed by atoms with Crippen molar-refractivity contribution in [2.45, 2.75) is 32.1 Å². The molecule has 0 atom stereocenters. The Morgan fingerprint density at radius 3 is 2.77 bits per heavy atom. The van der Waals surface area contributed by atoms with Gasteiger partial charge >= 0.3 is 5.69 Å². The lowest BCUT2D eigenvalue weighted by Crippen LogP contribution is -2.28. The molecule has 0 aliphatic heterocycles. The van der Waals surface area contributed by atoms with E-state index in [1.54, 1.807) is 13.2 Å². The second kappa shape index (κ2) is 10.9. The number of hydrogen-bond donors (Lipinski definition) is 2. The maximum atomic E-state index is 12.8. The Balaban J connectivity index is 1.70. The van der Waals surface area contributed by atoms with Crippen LogP contribution in [-0.4, -0.2) is 43.6 Å². The molecule has 2 aromatic rings. The van der Waals surface area contributed by atoms with E-state index < -0.39 is 17.4 Å². The molecule has 0 saturated carbocycles. The van der Waals surface area contributed by atoms with E-state index in [0.29, 0.717) is 30.1 Å². The van der Waals surface area contributed by atoms with Crippen LogP contribution in [0, 0.1) is 10.1 Å². The first-order valence-corrected chi connectivity index (χ1v) is 10.9. The third-order valence-electron chi connectivity index (χ3n) is 4.88. The number of anilines is 1. The lowest BCUT2D eigenvalue weighted by molar-refractivity contribution is -0.385. The fourth-order valence-electron chi connectivity index (χ4n) is 3.44. The number of benzene rings is 1. The van der Waals surface area contributed by atoms with Gasteiger partial charge in [-0.05, 0) is 43.7 Å². The summed E-state index contributed by atoms with van der Waals surface area (Å²) in [6, 6.07) is 5.87. The number of methoxy groups -OCH3 is 1. The zero-order valence-electron chi connectivity index (χ0n) is 17.3. The quantitative estimate of drug-likeness (QED) is 0.328. The lowest BCUT2D eigenvalue weighted by atomic mass is 9.95. The Hall–Kier alpha value is -2.98. The number of carbonyl (C=O) groups excluding carboxylic acids is 2. The van der Waals surface area contributed by atoms with Gasteiger partial charge in [0.1, 0.15) is 5.00 Å². The van der Waals surface area contributed by atoms with E-state index in [-0.39, 0.29) is 17.3 Å². The minimum Gasteiger partial charge on any atom is -0.477 e.